The fraction of sp³-hybridized carbons (Fsp3) is 0.148. The zero-order valence-corrected chi connectivity index (χ0v) is 21.0. The number of thioether (sulfide) groups is 1. The number of nitrogens with zero attached hydrogens (tertiary/aromatic N) is 1. The summed E-state index contributed by atoms with van der Waals surface area (Å²) in [6, 6.07) is 20.6. The van der Waals surface area contributed by atoms with E-state index in [4.69, 9.17) is 21.7 Å². The minimum Gasteiger partial charge on any atom is -0.493 e. The Kier molecular flexibility index (Phi) is 8.35. The summed E-state index contributed by atoms with van der Waals surface area (Å²) in [5, 5.41) is 2.63. The summed E-state index contributed by atoms with van der Waals surface area (Å²) in [5.41, 5.74) is 2.34. The molecule has 0 atom stereocenters. The first-order valence-electron chi connectivity index (χ1n) is 11.1. The Balaban J connectivity index is 1.38. The van der Waals surface area contributed by atoms with Gasteiger partial charge in [-0.3, -0.25) is 14.5 Å². The average molecular weight is 523 g/mol. The highest BCUT2D eigenvalue weighted by molar-refractivity contribution is 8.26. The first-order chi connectivity index (χ1) is 17.4. The zero-order chi connectivity index (χ0) is 25.5. The maximum atomic E-state index is 13.0. The van der Waals surface area contributed by atoms with Crippen LogP contribution >= 0.6 is 24.0 Å². The van der Waals surface area contributed by atoms with Crippen LogP contribution in [0.2, 0.25) is 0 Å². The molecular weight excluding hydrogens is 499 g/mol. The van der Waals surface area contributed by atoms with Gasteiger partial charge >= 0.3 is 0 Å². The van der Waals surface area contributed by atoms with Crippen molar-refractivity contribution in [2.45, 2.75) is 6.42 Å². The van der Waals surface area contributed by atoms with Gasteiger partial charge in [-0.2, -0.15) is 0 Å². The van der Waals surface area contributed by atoms with Crippen molar-refractivity contribution in [2.75, 3.05) is 25.6 Å². The van der Waals surface area contributed by atoms with Crippen molar-refractivity contribution >= 4 is 51.9 Å². The van der Waals surface area contributed by atoms with Gasteiger partial charge in [0.25, 0.3) is 11.8 Å². The number of rotatable bonds is 9. The normalized spacial score (nSPS) is 14.3. The number of anilines is 1. The molecule has 36 heavy (non-hydrogen) atoms. The molecule has 0 radical (unpaired) electrons. The molecular formula is C27H23FN2O4S2. The van der Waals surface area contributed by atoms with Crippen LogP contribution in [0.25, 0.3) is 6.08 Å². The van der Waals surface area contributed by atoms with Gasteiger partial charge in [-0.25, -0.2) is 4.39 Å². The number of thiocarbonyl (C=S) groups is 1. The van der Waals surface area contributed by atoms with Gasteiger partial charge < -0.3 is 14.8 Å². The van der Waals surface area contributed by atoms with Crippen molar-refractivity contribution in [3.8, 4) is 11.5 Å². The van der Waals surface area contributed by atoms with Crippen LogP contribution < -0.4 is 14.8 Å². The predicted molar refractivity (Wildman–Crippen MR) is 144 cm³/mol. The highest BCUT2D eigenvalue weighted by Gasteiger charge is 2.31. The standard InChI is InChI=1S/C27H23FN2O4S2/c1-33-23-15-19(7-12-22(23)34-17-25(31)29-21-10-8-20(28)9-11-21)16-24-26(32)30(27(35)36-24)14-13-18-5-3-2-4-6-18/h2-12,15-16H,13-14,17H2,1H3,(H,29,31)/b24-16-. The van der Waals surface area contributed by atoms with Crippen molar-refractivity contribution in [1.82, 2.24) is 4.90 Å². The molecule has 0 spiro atoms. The lowest BCUT2D eigenvalue weighted by Gasteiger charge is -2.14. The van der Waals surface area contributed by atoms with Crippen LogP contribution in [0, 0.1) is 5.82 Å². The lowest BCUT2D eigenvalue weighted by Crippen LogP contribution is -2.30. The number of hydrogen-bond donors (Lipinski definition) is 1. The molecule has 1 aliphatic rings. The molecule has 1 saturated heterocycles. The first kappa shape index (κ1) is 25.4. The maximum Gasteiger partial charge on any atom is 0.266 e. The fourth-order valence-corrected chi connectivity index (χ4v) is 4.81. The smallest absolute Gasteiger partial charge is 0.266 e. The van der Waals surface area contributed by atoms with E-state index in [1.807, 2.05) is 30.3 Å². The average Bonchev–Trinajstić information content (AvgIpc) is 3.15. The van der Waals surface area contributed by atoms with E-state index in [1.54, 1.807) is 29.2 Å². The van der Waals surface area contributed by atoms with Gasteiger partial charge in [0.15, 0.2) is 18.1 Å². The van der Waals surface area contributed by atoms with E-state index < -0.39 is 5.91 Å². The van der Waals surface area contributed by atoms with Crippen LogP contribution in [-0.2, 0) is 16.0 Å². The van der Waals surface area contributed by atoms with Crippen LogP contribution in [0.3, 0.4) is 0 Å². The molecule has 184 valence electrons. The topological polar surface area (TPSA) is 67.9 Å². The van der Waals surface area contributed by atoms with E-state index in [9.17, 15) is 14.0 Å². The van der Waals surface area contributed by atoms with Gasteiger partial charge in [0, 0.05) is 12.2 Å². The third-order valence-corrected chi connectivity index (χ3v) is 6.69. The Morgan fingerprint density at radius 3 is 2.56 bits per heavy atom. The van der Waals surface area contributed by atoms with Gasteiger partial charge in [-0.1, -0.05) is 60.4 Å². The van der Waals surface area contributed by atoms with Crippen molar-refractivity contribution in [2.24, 2.45) is 0 Å². The largest absolute Gasteiger partial charge is 0.493 e. The molecule has 0 bridgehead atoms. The number of hydrogen-bond acceptors (Lipinski definition) is 6. The van der Waals surface area contributed by atoms with E-state index in [-0.39, 0.29) is 18.3 Å². The Morgan fingerprint density at radius 1 is 1.08 bits per heavy atom. The van der Waals surface area contributed by atoms with E-state index in [2.05, 4.69) is 5.32 Å². The molecule has 1 heterocycles. The highest BCUT2D eigenvalue weighted by atomic mass is 32.2. The monoisotopic (exact) mass is 522 g/mol. The van der Waals surface area contributed by atoms with E-state index in [1.165, 1.54) is 43.1 Å². The summed E-state index contributed by atoms with van der Waals surface area (Å²) in [7, 11) is 1.49. The van der Waals surface area contributed by atoms with Gasteiger partial charge in [0.05, 0.1) is 12.0 Å². The molecule has 3 aromatic carbocycles. The molecule has 9 heteroatoms. The van der Waals surface area contributed by atoms with Crippen molar-refractivity contribution in [3.63, 3.8) is 0 Å². The summed E-state index contributed by atoms with van der Waals surface area (Å²) in [4.78, 5) is 27.3. The number of carbonyl (C=O) groups excluding carboxylic acids is 2. The third-order valence-electron chi connectivity index (χ3n) is 5.31. The lowest BCUT2D eigenvalue weighted by molar-refractivity contribution is -0.122. The predicted octanol–water partition coefficient (Wildman–Crippen LogP) is 5.30. The quantitative estimate of drug-likeness (QED) is 0.304. The Labute approximate surface area is 218 Å². The second-order valence-electron chi connectivity index (χ2n) is 7.82. The highest BCUT2D eigenvalue weighted by Crippen LogP contribution is 2.35. The third kappa shape index (κ3) is 6.50. The molecule has 2 amide bonds. The maximum absolute atomic E-state index is 13.0. The number of halogens is 1. The number of benzene rings is 3. The summed E-state index contributed by atoms with van der Waals surface area (Å²) < 4.78 is 24.6. The van der Waals surface area contributed by atoms with Crippen molar-refractivity contribution < 1.29 is 23.5 Å². The second kappa shape index (κ2) is 11.8. The van der Waals surface area contributed by atoms with Gasteiger partial charge in [-0.15, -0.1) is 0 Å². The zero-order valence-electron chi connectivity index (χ0n) is 19.4. The first-order valence-corrected chi connectivity index (χ1v) is 12.3. The van der Waals surface area contributed by atoms with Gasteiger partial charge in [-0.05, 0) is 60.0 Å². The molecule has 0 aliphatic carbocycles. The van der Waals surface area contributed by atoms with Crippen molar-refractivity contribution in [1.29, 1.82) is 0 Å². The minimum absolute atomic E-state index is 0.127. The molecule has 4 rings (SSSR count). The number of methoxy groups -OCH3 is 1. The van der Waals surface area contributed by atoms with Gasteiger partial charge in [0.1, 0.15) is 10.1 Å². The Bertz CT molecular complexity index is 1300. The Morgan fingerprint density at radius 2 is 1.83 bits per heavy atom. The molecule has 1 aliphatic heterocycles. The van der Waals surface area contributed by atoms with Crippen LogP contribution in [0.5, 0.6) is 11.5 Å². The fourth-order valence-electron chi connectivity index (χ4n) is 3.50. The molecule has 0 saturated carbocycles. The molecule has 1 fully saturated rings. The number of amides is 2. The SMILES string of the molecule is COc1cc(/C=C2\SC(=S)N(CCc3ccccc3)C2=O)ccc1OCC(=O)Nc1ccc(F)cc1. The van der Waals surface area contributed by atoms with Crippen molar-refractivity contribution in [3.05, 3.63) is 94.6 Å². The molecule has 0 unspecified atom stereocenters. The van der Waals surface area contributed by atoms with E-state index in [0.717, 1.165) is 17.5 Å². The van der Waals surface area contributed by atoms with Crippen LogP contribution in [0.4, 0.5) is 10.1 Å². The van der Waals surface area contributed by atoms with Crippen LogP contribution in [-0.4, -0.2) is 41.3 Å². The summed E-state index contributed by atoms with van der Waals surface area (Å²) in [6.45, 7) is 0.259. The Hall–Kier alpha value is -3.69. The van der Waals surface area contributed by atoms with E-state index in [0.29, 0.717) is 33.0 Å². The van der Waals surface area contributed by atoms with Crippen LogP contribution in [0.1, 0.15) is 11.1 Å². The molecule has 1 N–H and O–H groups in total. The summed E-state index contributed by atoms with van der Waals surface area (Å²) in [5.74, 6) is -0.120. The summed E-state index contributed by atoms with van der Waals surface area (Å²) in [6.07, 6.45) is 2.48. The number of nitrogens with one attached hydrogen (secondary N) is 1. The minimum atomic E-state index is -0.396. The number of carbonyl (C=O) groups is 2. The van der Waals surface area contributed by atoms with E-state index >= 15 is 0 Å². The second-order valence-corrected chi connectivity index (χ2v) is 9.50. The molecule has 6 nitrogen and oxygen atoms in total. The lowest BCUT2D eigenvalue weighted by atomic mass is 10.1. The number of ether oxygens (including phenoxy) is 2. The molecule has 0 aromatic heterocycles. The summed E-state index contributed by atoms with van der Waals surface area (Å²) >= 11 is 6.70. The van der Waals surface area contributed by atoms with Gasteiger partial charge in [0.2, 0.25) is 0 Å². The van der Waals surface area contributed by atoms with Crippen LogP contribution in [0.15, 0.2) is 77.7 Å². The molecule has 3 aromatic rings.